The SMILES string of the molecule is N/C(=N/N=C\c1cccc(Cl)c1)c1cnccn1. The predicted octanol–water partition coefficient (Wildman–Crippen LogP) is 1.87. The topological polar surface area (TPSA) is 76.5 Å². The summed E-state index contributed by atoms with van der Waals surface area (Å²) in [6, 6.07) is 7.26. The minimum absolute atomic E-state index is 0.210. The van der Waals surface area contributed by atoms with Crippen molar-refractivity contribution in [3.63, 3.8) is 0 Å². The third-order valence-electron chi connectivity index (χ3n) is 2.05. The van der Waals surface area contributed by atoms with Crippen molar-refractivity contribution >= 4 is 23.7 Å². The summed E-state index contributed by atoms with van der Waals surface area (Å²) in [5.41, 5.74) is 7.03. The summed E-state index contributed by atoms with van der Waals surface area (Å²) in [6.07, 6.45) is 6.19. The van der Waals surface area contributed by atoms with Crippen LogP contribution in [0.3, 0.4) is 0 Å². The van der Waals surface area contributed by atoms with Gasteiger partial charge in [0.05, 0.1) is 12.4 Å². The van der Waals surface area contributed by atoms with Crippen LogP contribution < -0.4 is 5.73 Å². The summed E-state index contributed by atoms with van der Waals surface area (Å²) < 4.78 is 0. The van der Waals surface area contributed by atoms with Crippen molar-refractivity contribution in [2.45, 2.75) is 0 Å². The Morgan fingerprint density at radius 3 is 2.94 bits per heavy atom. The summed E-state index contributed by atoms with van der Waals surface area (Å²) in [6.45, 7) is 0. The van der Waals surface area contributed by atoms with Crippen LogP contribution in [0.15, 0.2) is 53.1 Å². The molecule has 0 unspecified atom stereocenters. The van der Waals surface area contributed by atoms with E-state index in [2.05, 4.69) is 20.2 Å². The van der Waals surface area contributed by atoms with E-state index in [0.29, 0.717) is 10.7 Å². The largest absolute Gasteiger partial charge is 0.380 e. The van der Waals surface area contributed by atoms with Crippen LogP contribution in [0.1, 0.15) is 11.3 Å². The molecular formula is C12H10ClN5. The third-order valence-corrected chi connectivity index (χ3v) is 2.28. The molecule has 0 aliphatic heterocycles. The van der Waals surface area contributed by atoms with E-state index in [-0.39, 0.29) is 5.84 Å². The van der Waals surface area contributed by atoms with Gasteiger partial charge < -0.3 is 5.73 Å². The summed E-state index contributed by atoms with van der Waals surface area (Å²) in [4.78, 5) is 7.90. The molecule has 0 bridgehead atoms. The van der Waals surface area contributed by atoms with E-state index in [1.54, 1.807) is 30.7 Å². The van der Waals surface area contributed by atoms with Gasteiger partial charge in [-0.3, -0.25) is 4.98 Å². The van der Waals surface area contributed by atoms with Crippen molar-refractivity contribution in [3.8, 4) is 0 Å². The maximum absolute atomic E-state index is 5.84. The molecule has 1 aromatic carbocycles. The monoisotopic (exact) mass is 259 g/mol. The summed E-state index contributed by atoms with van der Waals surface area (Å²) in [7, 11) is 0. The second-order valence-electron chi connectivity index (χ2n) is 3.38. The van der Waals surface area contributed by atoms with Gasteiger partial charge in [0.2, 0.25) is 0 Å². The second kappa shape index (κ2) is 5.88. The van der Waals surface area contributed by atoms with Gasteiger partial charge in [0.25, 0.3) is 0 Å². The van der Waals surface area contributed by atoms with E-state index in [9.17, 15) is 0 Å². The van der Waals surface area contributed by atoms with Gasteiger partial charge in [0.15, 0.2) is 5.84 Å². The zero-order valence-corrected chi connectivity index (χ0v) is 10.1. The normalized spacial score (nSPS) is 11.9. The highest BCUT2D eigenvalue weighted by atomic mass is 35.5. The number of nitrogens with zero attached hydrogens (tertiary/aromatic N) is 4. The number of rotatable bonds is 3. The molecule has 0 atom stereocenters. The lowest BCUT2D eigenvalue weighted by atomic mass is 10.2. The minimum atomic E-state index is 0.210. The molecule has 6 heteroatoms. The van der Waals surface area contributed by atoms with Crippen LogP contribution >= 0.6 is 11.6 Å². The van der Waals surface area contributed by atoms with Crippen LogP contribution in [0, 0.1) is 0 Å². The predicted molar refractivity (Wildman–Crippen MR) is 71.8 cm³/mol. The second-order valence-corrected chi connectivity index (χ2v) is 3.81. The Hall–Kier alpha value is -2.27. The van der Waals surface area contributed by atoms with Gasteiger partial charge in [-0.1, -0.05) is 23.7 Å². The first-order chi connectivity index (χ1) is 8.75. The number of halogens is 1. The smallest absolute Gasteiger partial charge is 0.173 e. The Bertz CT molecular complexity index is 580. The van der Waals surface area contributed by atoms with Gasteiger partial charge in [0, 0.05) is 17.4 Å². The van der Waals surface area contributed by atoms with E-state index < -0.39 is 0 Å². The van der Waals surface area contributed by atoms with Crippen LogP contribution in [0.4, 0.5) is 0 Å². The minimum Gasteiger partial charge on any atom is -0.380 e. The van der Waals surface area contributed by atoms with E-state index in [1.807, 2.05) is 12.1 Å². The fraction of sp³-hybridized carbons (Fsp3) is 0. The lowest BCUT2D eigenvalue weighted by Crippen LogP contribution is -2.14. The summed E-state index contributed by atoms with van der Waals surface area (Å²) in [5, 5.41) is 8.35. The number of hydrogen-bond acceptors (Lipinski definition) is 4. The zero-order chi connectivity index (χ0) is 12.8. The van der Waals surface area contributed by atoms with E-state index in [1.165, 1.54) is 6.20 Å². The molecule has 1 heterocycles. The van der Waals surface area contributed by atoms with Gasteiger partial charge in [-0.15, -0.1) is 5.10 Å². The maximum atomic E-state index is 5.84. The van der Waals surface area contributed by atoms with Crippen molar-refractivity contribution < 1.29 is 0 Å². The van der Waals surface area contributed by atoms with Gasteiger partial charge >= 0.3 is 0 Å². The van der Waals surface area contributed by atoms with Crippen LogP contribution in [0.2, 0.25) is 5.02 Å². The fourth-order valence-corrected chi connectivity index (χ4v) is 1.43. The molecular weight excluding hydrogens is 250 g/mol. The Morgan fingerprint density at radius 1 is 1.33 bits per heavy atom. The standard InChI is InChI=1S/C12H10ClN5/c13-10-3-1-2-9(6-10)7-17-18-12(14)11-8-15-4-5-16-11/h1-8H,(H2,14,18)/b17-7-. The van der Waals surface area contributed by atoms with Crippen molar-refractivity contribution in [3.05, 3.63) is 59.1 Å². The van der Waals surface area contributed by atoms with Crippen LogP contribution in [-0.2, 0) is 0 Å². The molecule has 0 aliphatic carbocycles. The molecule has 0 amide bonds. The lowest BCUT2D eigenvalue weighted by Gasteiger charge is -1.95. The molecule has 2 N–H and O–H groups in total. The lowest BCUT2D eigenvalue weighted by molar-refractivity contribution is 1.15. The first-order valence-electron chi connectivity index (χ1n) is 5.14. The Labute approximate surface area is 109 Å². The van der Waals surface area contributed by atoms with Crippen LogP contribution in [0.5, 0.6) is 0 Å². The van der Waals surface area contributed by atoms with Crippen LogP contribution in [0.25, 0.3) is 0 Å². The Balaban J connectivity index is 2.11. The average Bonchev–Trinajstić information content (AvgIpc) is 2.40. The van der Waals surface area contributed by atoms with Gasteiger partial charge in [0.1, 0.15) is 5.69 Å². The molecule has 2 rings (SSSR count). The Morgan fingerprint density at radius 2 is 2.22 bits per heavy atom. The summed E-state index contributed by atoms with van der Waals surface area (Å²) >= 11 is 5.84. The Kier molecular flexibility index (Phi) is 3.98. The number of benzene rings is 1. The van der Waals surface area contributed by atoms with Crippen LogP contribution in [-0.4, -0.2) is 22.0 Å². The fourth-order valence-electron chi connectivity index (χ4n) is 1.23. The van der Waals surface area contributed by atoms with Gasteiger partial charge in [-0.25, -0.2) is 4.98 Å². The number of hydrogen-bond donors (Lipinski definition) is 1. The molecule has 0 aliphatic rings. The molecule has 0 spiro atoms. The van der Waals surface area contributed by atoms with Crippen molar-refractivity contribution in [1.82, 2.24) is 9.97 Å². The van der Waals surface area contributed by atoms with Gasteiger partial charge in [-0.05, 0) is 17.7 Å². The van der Waals surface area contributed by atoms with Gasteiger partial charge in [-0.2, -0.15) is 5.10 Å². The number of aromatic nitrogens is 2. The summed E-state index contributed by atoms with van der Waals surface area (Å²) in [5.74, 6) is 0.210. The molecule has 0 fully saturated rings. The quantitative estimate of drug-likeness (QED) is 0.519. The number of amidine groups is 1. The molecule has 2 aromatic rings. The average molecular weight is 260 g/mol. The van der Waals surface area contributed by atoms with Crippen molar-refractivity contribution in [2.75, 3.05) is 0 Å². The molecule has 5 nitrogen and oxygen atoms in total. The van der Waals surface area contributed by atoms with Crippen molar-refractivity contribution in [2.24, 2.45) is 15.9 Å². The number of nitrogens with two attached hydrogens (primary N) is 1. The van der Waals surface area contributed by atoms with E-state index in [4.69, 9.17) is 17.3 Å². The van der Waals surface area contributed by atoms with Crippen molar-refractivity contribution in [1.29, 1.82) is 0 Å². The molecule has 0 saturated heterocycles. The highest BCUT2D eigenvalue weighted by Crippen LogP contribution is 2.08. The molecule has 0 radical (unpaired) electrons. The highest BCUT2D eigenvalue weighted by Gasteiger charge is 1.97. The van der Waals surface area contributed by atoms with E-state index >= 15 is 0 Å². The molecule has 0 saturated carbocycles. The van der Waals surface area contributed by atoms with E-state index in [0.717, 1.165) is 5.56 Å². The molecule has 18 heavy (non-hydrogen) atoms. The molecule has 90 valence electrons. The molecule has 1 aromatic heterocycles. The first kappa shape index (κ1) is 12.2. The first-order valence-corrected chi connectivity index (χ1v) is 5.52. The highest BCUT2D eigenvalue weighted by molar-refractivity contribution is 6.30. The zero-order valence-electron chi connectivity index (χ0n) is 9.36. The maximum Gasteiger partial charge on any atom is 0.173 e. The third kappa shape index (κ3) is 3.36.